The van der Waals surface area contributed by atoms with E-state index < -0.39 is 12.2 Å². The number of hydrogen-bond donors (Lipinski definition) is 3. The highest BCUT2D eigenvalue weighted by molar-refractivity contribution is 5.91. The second-order valence-corrected chi connectivity index (χ2v) is 5.20. The summed E-state index contributed by atoms with van der Waals surface area (Å²) in [6.07, 6.45) is 7.68. The average Bonchev–Trinajstić information content (AvgIpc) is 2.90. The van der Waals surface area contributed by atoms with E-state index in [4.69, 9.17) is 0 Å². The molecule has 1 saturated carbocycles. The number of aliphatic hydroxyl groups excluding tert-OH is 2. The van der Waals surface area contributed by atoms with Crippen molar-refractivity contribution < 1.29 is 15.0 Å². The fourth-order valence-electron chi connectivity index (χ4n) is 2.53. The lowest BCUT2D eigenvalue weighted by Gasteiger charge is -2.31. The molecule has 1 aromatic rings. The van der Waals surface area contributed by atoms with Crippen LogP contribution in [-0.4, -0.2) is 56.3 Å². The number of carbonyl (C=O) groups is 1. The van der Waals surface area contributed by atoms with Gasteiger partial charge in [-0.05, 0) is 18.9 Å². The summed E-state index contributed by atoms with van der Waals surface area (Å²) in [5, 5.41) is 19.9. The van der Waals surface area contributed by atoms with Crippen LogP contribution in [0.5, 0.6) is 0 Å². The molecule has 0 bridgehead atoms. The molecule has 0 radical (unpaired) electrons. The van der Waals surface area contributed by atoms with Gasteiger partial charge in [-0.3, -0.25) is 4.79 Å². The number of H-pyrrole nitrogens is 1. The third-order valence-corrected chi connectivity index (χ3v) is 3.81. The molecule has 3 atom stereocenters. The van der Waals surface area contributed by atoms with Crippen LogP contribution in [0.1, 0.15) is 31.4 Å². The smallest absolute Gasteiger partial charge is 0.246 e. The Labute approximate surface area is 118 Å². The van der Waals surface area contributed by atoms with E-state index in [2.05, 4.69) is 9.97 Å². The van der Waals surface area contributed by atoms with Crippen LogP contribution < -0.4 is 0 Å². The van der Waals surface area contributed by atoms with E-state index in [-0.39, 0.29) is 11.9 Å². The third kappa shape index (κ3) is 3.46. The summed E-state index contributed by atoms with van der Waals surface area (Å²) in [7, 11) is 1.66. The molecule has 2 rings (SSSR count). The van der Waals surface area contributed by atoms with E-state index >= 15 is 0 Å². The number of aromatic nitrogens is 2. The van der Waals surface area contributed by atoms with Gasteiger partial charge in [0.05, 0.1) is 30.4 Å². The second kappa shape index (κ2) is 6.67. The van der Waals surface area contributed by atoms with Gasteiger partial charge in [-0.15, -0.1) is 0 Å². The highest BCUT2D eigenvalue weighted by Gasteiger charge is 2.32. The molecule has 1 amide bonds. The number of hydrogen-bond acceptors (Lipinski definition) is 4. The number of aliphatic hydroxyl groups is 2. The van der Waals surface area contributed by atoms with Gasteiger partial charge in [0.25, 0.3) is 0 Å². The number of amides is 1. The summed E-state index contributed by atoms with van der Waals surface area (Å²) >= 11 is 0. The van der Waals surface area contributed by atoms with Crippen molar-refractivity contribution in [1.29, 1.82) is 0 Å². The average molecular weight is 279 g/mol. The first-order chi connectivity index (χ1) is 9.59. The minimum absolute atomic E-state index is 0.197. The van der Waals surface area contributed by atoms with E-state index in [0.29, 0.717) is 12.8 Å². The molecule has 0 unspecified atom stereocenters. The van der Waals surface area contributed by atoms with Gasteiger partial charge in [0, 0.05) is 13.1 Å². The maximum atomic E-state index is 12.1. The van der Waals surface area contributed by atoms with E-state index in [0.717, 1.165) is 18.5 Å². The molecule has 0 spiro atoms. The van der Waals surface area contributed by atoms with Gasteiger partial charge in [-0.25, -0.2) is 4.98 Å². The summed E-state index contributed by atoms with van der Waals surface area (Å²) in [5.41, 5.74) is 0.744. The fraction of sp³-hybridized carbons (Fsp3) is 0.571. The standard InChI is InChI=1S/C14H21N3O3/c1-17(11-4-2-3-5-12(18)14(11)20)13(19)7-6-10-8-15-9-16-10/h6-9,11-12,14,18,20H,2-5H2,1H3,(H,15,16)/t11-,12-,14-/m1/s1. The van der Waals surface area contributed by atoms with Crippen LogP contribution >= 0.6 is 0 Å². The lowest BCUT2D eigenvalue weighted by atomic mass is 10.0. The zero-order valence-electron chi connectivity index (χ0n) is 11.6. The molecule has 20 heavy (non-hydrogen) atoms. The third-order valence-electron chi connectivity index (χ3n) is 3.81. The van der Waals surface area contributed by atoms with E-state index in [1.807, 2.05) is 0 Å². The summed E-state index contributed by atoms with van der Waals surface area (Å²) < 4.78 is 0. The first-order valence-corrected chi connectivity index (χ1v) is 6.89. The number of imidazole rings is 1. The molecule has 1 fully saturated rings. The van der Waals surface area contributed by atoms with Crippen LogP contribution in [0.2, 0.25) is 0 Å². The van der Waals surface area contributed by atoms with Crippen molar-refractivity contribution in [3.63, 3.8) is 0 Å². The largest absolute Gasteiger partial charge is 0.390 e. The predicted molar refractivity (Wildman–Crippen MR) is 74.7 cm³/mol. The molecular weight excluding hydrogens is 258 g/mol. The summed E-state index contributed by atoms with van der Waals surface area (Å²) in [6, 6.07) is -0.341. The SMILES string of the molecule is CN(C(=O)C=Cc1cnc[nH]1)[C@@H]1CCCC[C@@H](O)[C@@H]1O. The maximum absolute atomic E-state index is 12.1. The van der Waals surface area contributed by atoms with Crippen LogP contribution in [0.3, 0.4) is 0 Å². The first kappa shape index (κ1) is 14.7. The van der Waals surface area contributed by atoms with Gasteiger partial charge in [-0.2, -0.15) is 0 Å². The van der Waals surface area contributed by atoms with Crippen molar-refractivity contribution in [2.24, 2.45) is 0 Å². The normalized spacial score (nSPS) is 27.4. The van der Waals surface area contributed by atoms with Crippen molar-refractivity contribution in [3.8, 4) is 0 Å². The van der Waals surface area contributed by atoms with Crippen LogP contribution in [-0.2, 0) is 4.79 Å². The molecule has 1 aliphatic rings. The topological polar surface area (TPSA) is 89.5 Å². The molecule has 1 aliphatic carbocycles. The highest BCUT2D eigenvalue weighted by atomic mass is 16.3. The van der Waals surface area contributed by atoms with Gasteiger partial charge in [0.15, 0.2) is 0 Å². The summed E-state index contributed by atoms with van der Waals surface area (Å²) in [6.45, 7) is 0. The maximum Gasteiger partial charge on any atom is 0.246 e. The van der Waals surface area contributed by atoms with Crippen molar-refractivity contribution in [1.82, 2.24) is 14.9 Å². The van der Waals surface area contributed by atoms with Gasteiger partial charge in [0.1, 0.15) is 6.10 Å². The fourth-order valence-corrected chi connectivity index (χ4v) is 2.53. The zero-order chi connectivity index (χ0) is 14.5. The van der Waals surface area contributed by atoms with Crippen LogP contribution in [0.25, 0.3) is 6.08 Å². The van der Waals surface area contributed by atoms with Gasteiger partial charge >= 0.3 is 0 Å². The zero-order valence-corrected chi connectivity index (χ0v) is 11.6. The molecule has 110 valence electrons. The minimum atomic E-state index is -0.882. The van der Waals surface area contributed by atoms with Crippen molar-refractivity contribution in [2.75, 3.05) is 7.05 Å². The first-order valence-electron chi connectivity index (χ1n) is 6.89. The number of nitrogens with zero attached hydrogens (tertiary/aromatic N) is 2. The molecule has 1 heterocycles. The predicted octanol–water partition coefficient (Wildman–Crippen LogP) is 0.546. The lowest BCUT2D eigenvalue weighted by molar-refractivity contribution is -0.131. The number of aromatic amines is 1. The van der Waals surface area contributed by atoms with E-state index in [1.165, 1.54) is 11.0 Å². The Morgan fingerprint density at radius 2 is 2.20 bits per heavy atom. The van der Waals surface area contributed by atoms with Gasteiger partial charge in [0.2, 0.25) is 5.91 Å². The van der Waals surface area contributed by atoms with Gasteiger partial charge in [-0.1, -0.05) is 12.8 Å². The Balaban J connectivity index is 2.01. The Bertz CT molecular complexity index is 458. The van der Waals surface area contributed by atoms with Crippen LogP contribution in [0.4, 0.5) is 0 Å². The number of likely N-dealkylation sites (N-methyl/N-ethyl adjacent to an activating group) is 1. The van der Waals surface area contributed by atoms with E-state index in [1.54, 1.807) is 25.6 Å². The van der Waals surface area contributed by atoms with Crippen molar-refractivity contribution >= 4 is 12.0 Å². The van der Waals surface area contributed by atoms with Crippen LogP contribution in [0, 0.1) is 0 Å². The molecule has 0 saturated heterocycles. The lowest BCUT2D eigenvalue weighted by Crippen LogP contribution is -2.48. The van der Waals surface area contributed by atoms with Crippen molar-refractivity contribution in [3.05, 3.63) is 24.3 Å². The Hall–Kier alpha value is -1.66. The Morgan fingerprint density at radius 1 is 1.45 bits per heavy atom. The van der Waals surface area contributed by atoms with E-state index in [9.17, 15) is 15.0 Å². The number of nitrogens with one attached hydrogen (secondary N) is 1. The Morgan fingerprint density at radius 3 is 2.90 bits per heavy atom. The summed E-state index contributed by atoms with van der Waals surface area (Å²) in [4.78, 5) is 20.4. The monoisotopic (exact) mass is 279 g/mol. The second-order valence-electron chi connectivity index (χ2n) is 5.20. The molecule has 6 heteroatoms. The highest BCUT2D eigenvalue weighted by Crippen LogP contribution is 2.22. The van der Waals surface area contributed by atoms with Crippen molar-refractivity contribution in [2.45, 2.75) is 43.9 Å². The quantitative estimate of drug-likeness (QED) is 0.556. The molecule has 6 nitrogen and oxygen atoms in total. The minimum Gasteiger partial charge on any atom is -0.390 e. The van der Waals surface area contributed by atoms with Crippen LogP contribution in [0.15, 0.2) is 18.6 Å². The molecule has 3 N–H and O–H groups in total. The molecule has 0 aromatic carbocycles. The molecular formula is C14H21N3O3. The Kier molecular flexibility index (Phi) is 4.92. The molecule has 1 aromatic heterocycles. The number of rotatable bonds is 3. The summed E-state index contributed by atoms with van der Waals surface area (Å²) in [5.74, 6) is -0.197. The number of carbonyl (C=O) groups excluding carboxylic acids is 1. The molecule has 0 aliphatic heterocycles. The van der Waals surface area contributed by atoms with Gasteiger partial charge < -0.3 is 20.1 Å².